The predicted octanol–water partition coefficient (Wildman–Crippen LogP) is 13.4. The fraction of sp³-hybridized carbons (Fsp3) is 0.0385. The molecule has 0 N–H and O–H groups in total. The van der Waals surface area contributed by atoms with E-state index < -0.39 is 5.41 Å². The summed E-state index contributed by atoms with van der Waals surface area (Å²) >= 11 is 0. The molecule has 1 aliphatic rings. The second kappa shape index (κ2) is 11.4. The van der Waals surface area contributed by atoms with Crippen molar-refractivity contribution in [2.75, 3.05) is 0 Å². The molecule has 1 heteroatoms. The van der Waals surface area contributed by atoms with E-state index in [1.807, 2.05) is 0 Å². The van der Waals surface area contributed by atoms with Crippen molar-refractivity contribution in [3.8, 4) is 27.9 Å². The maximum absolute atomic E-state index is 2.54. The van der Waals surface area contributed by atoms with Gasteiger partial charge in [-0.3, -0.25) is 0 Å². The van der Waals surface area contributed by atoms with Crippen LogP contribution >= 0.6 is 0 Å². The number of nitrogens with zero attached hydrogens (tertiary/aromatic N) is 1. The van der Waals surface area contributed by atoms with Crippen molar-refractivity contribution in [1.82, 2.24) is 4.57 Å². The normalized spacial score (nSPS) is 13.2. The minimum absolute atomic E-state index is 0.477. The first kappa shape index (κ1) is 30.0. The highest BCUT2D eigenvalue weighted by molar-refractivity contribution is 6.25. The van der Waals surface area contributed by atoms with Crippen LogP contribution in [0.25, 0.3) is 71.3 Å². The summed E-state index contributed by atoms with van der Waals surface area (Å²) in [5, 5.41) is 7.61. The fourth-order valence-corrected chi connectivity index (χ4v) is 9.51. The summed E-state index contributed by atoms with van der Waals surface area (Å²) in [7, 11) is 0. The molecule has 1 aromatic heterocycles. The molecule has 9 aromatic carbocycles. The van der Waals surface area contributed by atoms with E-state index in [1.54, 1.807) is 0 Å². The Morgan fingerprint density at radius 2 is 0.962 bits per heavy atom. The summed E-state index contributed by atoms with van der Waals surface area (Å²) in [6, 6.07) is 72.2. The van der Waals surface area contributed by atoms with Crippen LogP contribution in [-0.2, 0) is 5.41 Å². The summed E-state index contributed by atoms with van der Waals surface area (Å²) in [5.41, 5.74) is 14.7. The minimum atomic E-state index is -0.477. The lowest BCUT2D eigenvalue weighted by molar-refractivity contribution is 0.767. The predicted molar refractivity (Wildman–Crippen MR) is 223 cm³/mol. The Hall–Kier alpha value is -6.70. The third kappa shape index (κ3) is 4.19. The molecule has 0 fully saturated rings. The quantitative estimate of drug-likeness (QED) is 0.175. The van der Waals surface area contributed by atoms with Crippen LogP contribution in [0.2, 0.25) is 0 Å². The lowest BCUT2D eigenvalue weighted by Crippen LogP contribution is -2.28. The highest BCUT2D eigenvalue weighted by Crippen LogP contribution is 2.56. The minimum Gasteiger partial charge on any atom is -0.309 e. The Bertz CT molecular complexity index is 3020. The molecule has 53 heavy (non-hydrogen) atoms. The highest BCUT2D eigenvalue weighted by atomic mass is 15.0. The van der Waals surface area contributed by atoms with Crippen molar-refractivity contribution in [2.24, 2.45) is 0 Å². The van der Waals surface area contributed by atoms with E-state index in [4.69, 9.17) is 0 Å². The average molecular weight is 674 g/mol. The molecule has 11 rings (SSSR count). The van der Waals surface area contributed by atoms with E-state index in [-0.39, 0.29) is 0 Å². The summed E-state index contributed by atoms with van der Waals surface area (Å²) in [4.78, 5) is 0. The van der Waals surface area contributed by atoms with Crippen LogP contribution in [-0.4, -0.2) is 4.57 Å². The maximum Gasteiger partial charge on any atom is 0.0714 e. The van der Waals surface area contributed by atoms with Gasteiger partial charge < -0.3 is 4.57 Å². The molecule has 1 heterocycles. The molecule has 0 amide bonds. The zero-order valence-electron chi connectivity index (χ0n) is 29.4. The molecule has 1 nitrogen and oxygen atoms in total. The van der Waals surface area contributed by atoms with Crippen molar-refractivity contribution in [2.45, 2.75) is 12.3 Å². The third-order valence-corrected chi connectivity index (χ3v) is 11.8. The van der Waals surface area contributed by atoms with Gasteiger partial charge in [0.1, 0.15) is 0 Å². The Kier molecular flexibility index (Phi) is 6.45. The van der Waals surface area contributed by atoms with E-state index in [0.717, 1.165) is 5.69 Å². The number of aryl methyl sites for hydroxylation is 1. The van der Waals surface area contributed by atoms with E-state index >= 15 is 0 Å². The molecule has 1 aliphatic carbocycles. The van der Waals surface area contributed by atoms with Crippen molar-refractivity contribution in [3.63, 3.8) is 0 Å². The van der Waals surface area contributed by atoms with Crippen LogP contribution in [0.15, 0.2) is 194 Å². The first-order chi connectivity index (χ1) is 26.2. The molecule has 0 aliphatic heterocycles. The lowest BCUT2D eigenvalue weighted by Gasteiger charge is -2.34. The molecule has 0 radical (unpaired) electrons. The van der Waals surface area contributed by atoms with Gasteiger partial charge in [-0.1, -0.05) is 164 Å². The van der Waals surface area contributed by atoms with Gasteiger partial charge in [-0.15, -0.1) is 0 Å². The average Bonchev–Trinajstić information content (AvgIpc) is 3.70. The van der Waals surface area contributed by atoms with Crippen molar-refractivity contribution >= 4 is 43.4 Å². The third-order valence-electron chi connectivity index (χ3n) is 11.8. The summed E-state index contributed by atoms with van der Waals surface area (Å²) in [6.45, 7) is 2.22. The topological polar surface area (TPSA) is 4.93 Å². The van der Waals surface area contributed by atoms with Crippen LogP contribution in [0.4, 0.5) is 0 Å². The Balaban J connectivity index is 1.30. The molecule has 248 valence electrons. The number of benzene rings is 9. The van der Waals surface area contributed by atoms with Gasteiger partial charge in [-0.2, -0.15) is 0 Å². The van der Waals surface area contributed by atoms with Crippen molar-refractivity contribution in [3.05, 3.63) is 222 Å². The molecule has 0 bridgehead atoms. The van der Waals surface area contributed by atoms with E-state index in [2.05, 4.69) is 206 Å². The molecular weight excluding hydrogens is 639 g/mol. The van der Waals surface area contributed by atoms with Gasteiger partial charge in [0.15, 0.2) is 0 Å². The molecule has 0 saturated carbocycles. The lowest BCUT2D eigenvalue weighted by atomic mass is 9.67. The van der Waals surface area contributed by atoms with Crippen molar-refractivity contribution < 1.29 is 0 Å². The van der Waals surface area contributed by atoms with Gasteiger partial charge in [-0.25, -0.2) is 0 Å². The monoisotopic (exact) mass is 673 g/mol. The van der Waals surface area contributed by atoms with Crippen LogP contribution in [0.3, 0.4) is 0 Å². The molecule has 0 spiro atoms. The van der Waals surface area contributed by atoms with Gasteiger partial charge in [0, 0.05) is 16.5 Å². The molecule has 0 unspecified atom stereocenters. The van der Waals surface area contributed by atoms with E-state index in [0.29, 0.717) is 0 Å². The second-order valence-electron chi connectivity index (χ2n) is 14.5. The first-order valence-electron chi connectivity index (χ1n) is 18.5. The van der Waals surface area contributed by atoms with Crippen LogP contribution < -0.4 is 0 Å². The molecular formula is C52H35N. The van der Waals surface area contributed by atoms with E-state index in [1.165, 1.54) is 93.4 Å². The van der Waals surface area contributed by atoms with Gasteiger partial charge in [0.2, 0.25) is 0 Å². The number of aromatic nitrogens is 1. The number of hydrogen-bond donors (Lipinski definition) is 0. The first-order valence-corrected chi connectivity index (χ1v) is 18.5. The number of rotatable bonds is 4. The zero-order valence-corrected chi connectivity index (χ0v) is 29.4. The van der Waals surface area contributed by atoms with Gasteiger partial charge >= 0.3 is 0 Å². The Morgan fingerprint density at radius 1 is 0.377 bits per heavy atom. The van der Waals surface area contributed by atoms with E-state index in [9.17, 15) is 0 Å². The summed E-state index contributed by atoms with van der Waals surface area (Å²) in [6.07, 6.45) is 0. The Morgan fingerprint density at radius 3 is 1.70 bits per heavy atom. The summed E-state index contributed by atoms with van der Waals surface area (Å²) in [5.74, 6) is 0. The van der Waals surface area contributed by atoms with Gasteiger partial charge in [-0.05, 0) is 109 Å². The standard InChI is InChI=1S/C52H35N/c1-34-16-8-11-23-40(34)45-33-50-51(44-26-13-12-24-41(44)45)46-30-35-17-9-10-18-36(35)31-49(46)53(50)39-28-29-43-42-25-14-15-27-47(42)52(48(43)32-39,37-19-4-2-5-20-37)38-21-6-3-7-22-38/h2-33H,1H3. The molecule has 0 saturated heterocycles. The van der Waals surface area contributed by atoms with Crippen molar-refractivity contribution in [1.29, 1.82) is 0 Å². The van der Waals surface area contributed by atoms with Crippen LogP contribution in [0.5, 0.6) is 0 Å². The number of hydrogen-bond acceptors (Lipinski definition) is 0. The SMILES string of the molecule is Cc1ccccc1-c1cc2c(c3ccccc13)c1cc3ccccc3cc1n2-c1ccc2c(c1)C(c1ccccc1)(c1ccccc1)c1ccccc1-2. The Labute approximate surface area is 309 Å². The smallest absolute Gasteiger partial charge is 0.0714 e. The van der Waals surface area contributed by atoms with Gasteiger partial charge in [0.05, 0.1) is 16.4 Å². The largest absolute Gasteiger partial charge is 0.309 e. The highest BCUT2D eigenvalue weighted by Gasteiger charge is 2.46. The fourth-order valence-electron chi connectivity index (χ4n) is 9.51. The molecule has 0 atom stereocenters. The molecule has 10 aromatic rings. The van der Waals surface area contributed by atoms with Crippen LogP contribution in [0.1, 0.15) is 27.8 Å². The van der Waals surface area contributed by atoms with Crippen LogP contribution in [0, 0.1) is 6.92 Å². The maximum atomic E-state index is 2.54. The number of fused-ring (bicyclic) bond motifs is 9. The zero-order chi connectivity index (χ0) is 35.1. The second-order valence-corrected chi connectivity index (χ2v) is 14.5. The summed E-state index contributed by atoms with van der Waals surface area (Å²) < 4.78 is 2.54. The van der Waals surface area contributed by atoms with Gasteiger partial charge in [0.25, 0.3) is 0 Å².